The van der Waals surface area contributed by atoms with Crippen LogP contribution in [0.25, 0.3) is 10.8 Å². The molecule has 4 rings (SSSR count). The van der Waals surface area contributed by atoms with Gasteiger partial charge in [-0.3, -0.25) is 14.5 Å². The van der Waals surface area contributed by atoms with E-state index in [0.29, 0.717) is 44.8 Å². The van der Waals surface area contributed by atoms with Crippen LogP contribution < -0.4 is 4.74 Å². The van der Waals surface area contributed by atoms with E-state index < -0.39 is 12.0 Å². The Morgan fingerprint density at radius 1 is 0.871 bits per heavy atom. The van der Waals surface area contributed by atoms with Crippen molar-refractivity contribution < 1.29 is 19.4 Å². The summed E-state index contributed by atoms with van der Waals surface area (Å²) >= 11 is 0. The number of aliphatic carboxylic acids is 1. The van der Waals surface area contributed by atoms with Gasteiger partial charge in [0.2, 0.25) is 0 Å². The van der Waals surface area contributed by atoms with Crippen molar-refractivity contribution in [2.45, 2.75) is 12.5 Å². The predicted molar refractivity (Wildman–Crippen MR) is 119 cm³/mol. The van der Waals surface area contributed by atoms with Crippen molar-refractivity contribution in [2.75, 3.05) is 32.8 Å². The van der Waals surface area contributed by atoms with E-state index in [1.54, 1.807) is 4.90 Å². The number of hydrogen-bond donors (Lipinski definition) is 1. The van der Waals surface area contributed by atoms with Gasteiger partial charge < -0.3 is 14.7 Å². The number of amides is 1. The third-order valence-electron chi connectivity index (χ3n) is 5.73. The first-order valence-corrected chi connectivity index (χ1v) is 10.5. The topological polar surface area (TPSA) is 70.1 Å². The number of ether oxygens (including phenoxy) is 1. The number of nitrogens with zero attached hydrogens (tertiary/aromatic N) is 2. The molecule has 0 radical (unpaired) electrons. The van der Waals surface area contributed by atoms with Gasteiger partial charge in [0.1, 0.15) is 11.8 Å². The molecule has 1 fully saturated rings. The zero-order valence-corrected chi connectivity index (χ0v) is 17.3. The molecule has 1 heterocycles. The maximum Gasteiger partial charge on any atom is 0.321 e. The average Bonchev–Trinajstić information content (AvgIpc) is 2.82. The first-order valence-electron chi connectivity index (χ1n) is 10.5. The molecule has 1 atom stereocenters. The first kappa shape index (κ1) is 20.9. The van der Waals surface area contributed by atoms with E-state index in [-0.39, 0.29) is 5.91 Å². The molecule has 0 aromatic heterocycles. The fourth-order valence-electron chi connectivity index (χ4n) is 4.01. The molecule has 31 heavy (non-hydrogen) atoms. The fraction of sp³-hybridized carbons (Fsp3) is 0.280. The number of carbonyl (C=O) groups is 2. The van der Waals surface area contributed by atoms with Crippen molar-refractivity contribution in [3.63, 3.8) is 0 Å². The second kappa shape index (κ2) is 9.62. The maximum absolute atomic E-state index is 13.0. The summed E-state index contributed by atoms with van der Waals surface area (Å²) in [5.41, 5.74) is 0.665. The standard InChI is InChI=1S/C25H26N2O4/c28-24(21-11-10-19-6-4-5-7-20(19)18-21)27-15-13-26(14-16-27)23(25(29)30)12-17-31-22-8-2-1-3-9-22/h1-11,18,23H,12-17H2,(H,29,30). The minimum atomic E-state index is -0.856. The largest absolute Gasteiger partial charge is 0.494 e. The Morgan fingerprint density at radius 2 is 1.55 bits per heavy atom. The second-order valence-corrected chi connectivity index (χ2v) is 7.69. The number of carbonyl (C=O) groups excluding carboxylic acids is 1. The molecule has 1 unspecified atom stereocenters. The van der Waals surface area contributed by atoms with E-state index in [1.165, 1.54) is 0 Å². The Kier molecular flexibility index (Phi) is 6.48. The normalized spacial score (nSPS) is 15.5. The Bertz CT molecular complexity index is 1050. The minimum Gasteiger partial charge on any atom is -0.494 e. The van der Waals surface area contributed by atoms with Crippen LogP contribution in [0.4, 0.5) is 0 Å². The summed E-state index contributed by atoms with van der Waals surface area (Å²) in [7, 11) is 0. The molecule has 0 spiro atoms. The van der Waals surface area contributed by atoms with Gasteiger partial charge in [-0.1, -0.05) is 48.5 Å². The van der Waals surface area contributed by atoms with Gasteiger partial charge in [-0.25, -0.2) is 0 Å². The van der Waals surface area contributed by atoms with Crippen molar-refractivity contribution in [1.29, 1.82) is 0 Å². The van der Waals surface area contributed by atoms with Crippen LogP contribution in [-0.2, 0) is 4.79 Å². The lowest BCUT2D eigenvalue weighted by molar-refractivity contribution is -0.144. The zero-order chi connectivity index (χ0) is 21.6. The van der Waals surface area contributed by atoms with Gasteiger partial charge in [-0.05, 0) is 35.0 Å². The average molecular weight is 418 g/mol. The van der Waals surface area contributed by atoms with Gasteiger partial charge in [-0.15, -0.1) is 0 Å². The Morgan fingerprint density at radius 3 is 2.26 bits per heavy atom. The van der Waals surface area contributed by atoms with Crippen molar-refractivity contribution in [3.8, 4) is 5.75 Å². The van der Waals surface area contributed by atoms with Crippen molar-refractivity contribution >= 4 is 22.6 Å². The van der Waals surface area contributed by atoms with Crippen molar-refractivity contribution in [2.24, 2.45) is 0 Å². The molecule has 160 valence electrons. The van der Waals surface area contributed by atoms with Crippen LogP contribution >= 0.6 is 0 Å². The molecule has 6 nitrogen and oxygen atoms in total. The summed E-state index contributed by atoms with van der Waals surface area (Å²) in [6.07, 6.45) is 0.392. The van der Waals surface area contributed by atoms with E-state index in [1.807, 2.05) is 77.7 Å². The molecular weight excluding hydrogens is 392 g/mol. The number of para-hydroxylation sites is 1. The number of piperazine rings is 1. The lowest BCUT2D eigenvalue weighted by Crippen LogP contribution is -2.54. The van der Waals surface area contributed by atoms with Gasteiger partial charge in [0, 0.05) is 38.2 Å². The first-order chi connectivity index (χ1) is 15.1. The molecule has 0 bridgehead atoms. The van der Waals surface area contributed by atoms with Crippen LogP contribution in [0.1, 0.15) is 16.8 Å². The van der Waals surface area contributed by atoms with E-state index in [9.17, 15) is 14.7 Å². The molecule has 1 N–H and O–H groups in total. The monoisotopic (exact) mass is 418 g/mol. The Hall–Kier alpha value is -3.38. The van der Waals surface area contributed by atoms with Crippen molar-refractivity contribution in [3.05, 3.63) is 78.4 Å². The maximum atomic E-state index is 13.0. The molecule has 3 aromatic rings. The van der Waals surface area contributed by atoms with Crippen LogP contribution in [0.5, 0.6) is 5.75 Å². The van der Waals surface area contributed by atoms with E-state index in [4.69, 9.17) is 4.74 Å². The summed E-state index contributed by atoms with van der Waals surface area (Å²) in [4.78, 5) is 28.5. The highest BCUT2D eigenvalue weighted by atomic mass is 16.5. The van der Waals surface area contributed by atoms with Gasteiger partial charge in [-0.2, -0.15) is 0 Å². The van der Waals surface area contributed by atoms with Gasteiger partial charge in [0.05, 0.1) is 6.61 Å². The molecule has 1 amide bonds. The number of carboxylic acids is 1. The summed E-state index contributed by atoms with van der Waals surface area (Å²) in [5, 5.41) is 11.8. The summed E-state index contributed by atoms with van der Waals surface area (Å²) in [5.74, 6) is -0.131. The molecule has 1 aliphatic rings. The minimum absolute atomic E-state index is 0.00955. The highest BCUT2D eigenvalue weighted by Crippen LogP contribution is 2.19. The second-order valence-electron chi connectivity index (χ2n) is 7.69. The molecule has 0 saturated carbocycles. The summed E-state index contributed by atoms with van der Waals surface area (Å²) < 4.78 is 5.68. The van der Waals surface area contributed by atoms with Gasteiger partial charge >= 0.3 is 5.97 Å². The predicted octanol–water partition coefficient (Wildman–Crippen LogP) is 3.52. The SMILES string of the molecule is O=C(O)C(CCOc1ccccc1)N1CCN(C(=O)c2ccc3ccccc3c2)CC1. The molecule has 1 aliphatic heterocycles. The summed E-state index contributed by atoms with van der Waals surface area (Å²) in [6.45, 7) is 2.41. The third kappa shape index (κ3) is 5.03. The Labute approximate surface area is 181 Å². The molecule has 0 aliphatic carbocycles. The number of rotatable bonds is 7. The van der Waals surface area contributed by atoms with Crippen molar-refractivity contribution in [1.82, 2.24) is 9.80 Å². The summed E-state index contributed by atoms with van der Waals surface area (Å²) in [6, 6.07) is 22.5. The highest BCUT2D eigenvalue weighted by Gasteiger charge is 2.30. The van der Waals surface area contributed by atoms with Crippen LogP contribution in [-0.4, -0.2) is 65.6 Å². The number of fused-ring (bicyclic) bond motifs is 1. The number of carboxylic acid groups (broad SMARTS) is 1. The highest BCUT2D eigenvalue weighted by molar-refractivity contribution is 5.98. The molecule has 6 heteroatoms. The van der Waals surface area contributed by atoms with Gasteiger partial charge in [0.15, 0.2) is 0 Å². The molecular formula is C25H26N2O4. The lowest BCUT2D eigenvalue weighted by atomic mass is 10.1. The van der Waals surface area contributed by atoms with Crippen LogP contribution in [0.2, 0.25) is 0 Å². The van der Waals surface area contributed by atoms with Crippen LogP contribution in [0, 0.1) is 0 Å². The van der Waals surface area contributed by atoms with E-state index in [2.05, 4.69) is 0 Å². The fourth-order valence-corrected chi connectivity index (χ4v) is 4.01. The van der Waals surface area contributed by atoms with Gasteiger partial charge in [0.25, 0.3) is 5.91 Å². The van der Waals surface area contributed by atoms with E-state index >= 15 is 0 Å². The quantitative estimate of drug-likeness (QED) is 0.636. The zero-order valence-electron chi connectivity index (χ0n) is 17.3. The number of benzene rings is 3. The third-order valence-corrected chi connectivity index (χ3v) is 5.73. The Balaban J connectivity index is 1.33. The lowest BCUT2D eigenvalue weighted by Gasteiger charge is -2.37. The number of hydrogen-bond acceptors (Lipinski definition) is 4. The molecule has 3 aromatic carbocycles. The van der Waals surface area contributed by atoms with E-state index in [0.717, 1.165) is 16.5 Å². The molecule has 1 saturated heterocycles. The smallest absolute Gasteiger partial charge is 0.321 e. The van der Waals surface area contributed by atoms with Crippen LogP contribution in [0.15, 0.2) is 72.8 Å². The van der Waals surface area contributed by atoms with Crippen LogP contribution in [0.3, 0.4) is 0 Å².